The van der Waals surface area contributed by atoms with E-state index in [1.807, 2.05) is 54.6 Å². The summed E-state index contributed by atoms with van der Waals surface area (Å²) in [6, 6.07) is 53.9. The summed E-state index contributed by atoms with van der Waals surface area (Å²) in [5.41, 5.74) is 12.2. The van der Waals surface area contributed by atoms with Gasteiger partial charge in [-0.15, -0.1) is 0 Å². The van der Waals surface area contributed by atoms with Crippen LogP contribution in [0.1, 0.15) is 11.1 Å². The van der Waals surface area contributed by atoms with E-state index in [9.17, 15) is 0 Å². The molecule has 0 amide bonds. The summed E-state index contributed by atoms with van der Waals surface area (Å²) in [5.74, 6) is 1.88. The summed E-state index contributed by atoms with van der Waals surface area (Å²) < 4.78 is 0. The third-order valence-electron chi connectivity index (χ3n) is 8.83. The van der Waals surface area contributed by atoms with Crippen molar-refractivity contribution in [3.8, 4) is 56.4 Å². The number of benzene rings is 6. The highest BCUT2D eigenvalue weighted by molar-refractivity contribution is 5.86. The molecule has 6 aromatic carbocycles. The Morgan fingerprint density at radius 2 is 0.959 bits per heavy atom. The normalized spacial score (nSPS) is 11.6. The number of nitrogens with one attached hydrogen (secondary N) is 1. The van der Waals surface area contributed by atoms with Gasteiger partial charge in [0, 0.05) is 27.8 Å². The molecule has 0 aliphatic rings. The van der Waals surface area contributed by atoms with Gasteiger partial charge < -0.3 is 4.98 Å². The van der Waals surface area contributed by atoms with Crippen LogP contribution in [0.4, 0.5) is 5.69 Å². The third kappa shape index (κ3) is 6.06. The van der Waals surface area contributed by atoms with Crippen LogP contribution in [-0.2, 0) is 0 Å². The molecule has 0 atom stereocenters. The van der Waals surface area contributed by atoms with E-state index in [4.69, 9.17) is 19.9 Å². The summed E-state index contributed by atoms with van der Waals surface area (Å²) in [4.78, 5) is 23.9. The van der Waals surface area contributed by atoms with Crippen LogP contribution in [0.3, 0.4) is 0 Å². The number of H-pyrrole nitrogens is 1. The van der Waals surface area contributed by atoms with E-state index in [0.29, 0.717) is 17.5 Å². The first-order chi connectivity index (χ1) is 24.1. The van der Waals surface area contributed by atoms with Crippen molar-refractivity contribution < 1.29 is 0 Å². The standard InChI is InChI=1S/C44H33N5/c1-29-14-9-12-23-39(29)45-44-38(28-35-20-13-15-30(2)40(35)46-44)32-24-26-34(27-25-32)42-47-41(33-18-7-4-8-19-33)48-43(49-42)37-22-11-10-21-36(37)31-16-5-3-6-17-31/h3-28H,1-2H3,(H,45,46). The SMILES string of the molecule is Cc1ccccc1N=c1[nH]c2c(C)cccc2cc1-c1ccc(-c2nc(-c3ccccc3)nc(-c3ccccc3-c3ccccc3)n2)cc1. The number of para-hydroxylation sites is 2. The van der Waals surface area contributed by atoms with Crippen molar-refractivity contribution in [1.29, 1.82) is 0 Å². The molecule has 0 aliphatic carbocycles. The van der Waals surface area contributed by atoms with Crippen LogP contribution in [0.5, 0.6) is 0 Å². The van der Waals surface area contributed by atoms with Crippen molar-refractivity contribution in [2.24, 2.45) is 4.99 Å². The van der Waals surface area contributed by atoms with E-state index in [1.54, 1.807) is 0 Å². The molecule has 5 heteroatoms. The molecule has 234 valence electrons. The van der Waals surface area contributed by atoms with Gasteiger partial charge in [-0.25, -0.2) is 19.9 Å². The molecular weight excluding hydrogens is 599 g/mol. The quantitative estimate of drug-likeness (QED) is 0.199. The molecule has 8 aromatic rings. The van der Waals surface area contributed by atoms with Gasteiger partial charge in [-0.2, -0.15) is 0 Å². The Bertz CT molecular complexity index is 2500. The lowest BCUT2D eigenvalue weighted by Gasteiger charge is -2.12. The maximum absolute atomic E-state index is 5.12. The third-order valence-corrected chi connectivity index (χ3v) is 8.83. The van der Waals surface area contributed by atoms with Crippen molar-refractivity contribution >= 4 is 16.6 Å². The number of rotatable bonds is 6. The molecule has 0 saturated carbocycles. The number of fused-ring (bicyclic) bond motifs is 1. The van der Waals surface area contributed by atoms with Crippen LogP contribution in [0.25, 0.3) is 67.3 Å². The molecule has 0 spiro atoms. The van der Waals surface area contributed by atoms with E-state index in [2.05, 4.69) is 122 Å². The monoisotopic (exact) mass is 631 g/mol. The molecule has 2 aromatic heterocycles. The average molecular weight is 632 g/mol. The maximum atomic E-state index is 5.12. The van der Waals surface area contributed by atoms with Crippen molar-refractivity contribution in [1.82, 2.24) is 19.9 Å². The minimum atomic E-state index is 0.615. The lowest BCUT2D eigenvalue weighted by molar-refractivity contribution is 1.07. The minimum absolute atomic E-state index is 0.615. The van der Waals surface area contributed by atoms with Crippen LogP contribution >= 0.6 is 0 Å². The minimum Gasteiger partial charge on any atom is -0.339 e. The number of aromatic amines is 1. The fraction of sp³-hybridized carbons (Fsp3) is 0.0455. The van der Waals surface area contributed by atoms with E-state index in [-0.39, 0.29) is 0 Å². The number of hydrogen-bond donors (Lipinski definition) is 1. The zero-order valence-electron chi connectivity index (χ0n) is 27.3. The van der Waals surface area contributed by atoms with Crippen molar-refractivity contribution in [3.63, 3.8) is 0 Å². The van der Waals surface area contributed by atoms with Gasteiger partial charge in [0.1, 0.15) is 5.49 Å². The van der Waals surface area contributed by atoms with Crippen molar-refractivity contribution in [2.75, 3.05) is 0 Å². The highest BCUT2D eigenvalue weighted by Crippen LogP contribution is 2.33. The smallest absolute Gasteiger partial charge is 0.164 e. The molecule has 0 bridgehead atoms. The number of aromatic nitrogens is 4. The van der Waals surface area contributed by atoms with Crippen molar-refractivity contribution in [3.05, 3.63) is 174 Å². The highest BCUT2D eigenvalue weighted by Gasteiger charge is 2.16. The zero-order chi connectivity index (χ0) is 33.2. The summed E-state index contributed by atoms with van der Waals surface area (Å²) in [5, 5.41) is 1.13. The van der Waals surface area contributed by atoms with E-state index in [1.165, 1.54) is 5.56 Å². The van der Waals surface area contributed by atoms with Crippen molar-refractivity contribution in [2.45, 2.75) is 13.8 Å². The zero-order valence-corrected chi connectivity index (χ0v) is 27.3. The molecule has 0 saturated heterocycles. The Morgan fingerprint density at radius 1 is 0.429 bits per heavy atom. The van der Waals surface area contributed by atoms with Crippen LogP contribution in [-0.4, -0.2) is 19.9 Å². The van der Waals surface area contributed by atoms with Crippen LogP contribution in [0.2, 0.25) is 0 Å². The van der Waals surface area contributed by atoms with Crippen LogP contribution in [0, 0.1) is 13.8 Å². The van der Waals surface area contributed by atoms with Crippen LogP contribution < -0.4 is 5.49 Å². The molecule has 8 rings (SSSR count). The van der Waals surface area contributed by atoms with Gasteiger partial charge in [-0.05, 0) is 59.2 Å². The van der Waals surface area contributed by atoms with Gasteiger partial charge in [0.2, 0.25) is 0 Å². The largest absolute Gasteiger partial charge is 0.339 e. The number of aryl methyl sites for hydroxylation is 2. The second-order valence-electron chi connectivity index (χ2n) is 12.1. The molecule has 0 radical (unpaired) electrons. The molecule has 5 nitrogen and oxygen atoms in total. The van der Waals surface area contributed by atoms with Gasteiger partial charge in [-0.3, -0.25) is 0 Å². The lowest BCUT2D eigenvalue weighted by Crippen LogP contribution is -2.12. The Balaban J connectivity index is 1.27. The number of pyridine rings is 1. The predicted octanol–water partition coefficient (Wildman–Crippen LogP) is 10.5. The van der Waals surface area contributed by atoms with E-state index < -0.39 is 0 Å². The van der Waals surface area contributed by atoms with Gasteiger partial charge >= 0.3 is 0 Å². The molecule has 0 unspecified atom stereocenters. The first-order valence-electron chi connectivity index (χ1n) is 16.4. The average Bonchev–Trinajstić information content (AvgIpc) is 3.16. The highest BCUT2D eigenvalue weighted by atomic mass is 15.0. The van der Waals surface area contributed by atoms with Gasteiger partial charge in [-0.1, -0.05) is 146 Å². The molecular formula is C44H33N5. The fourth-order valence-electron chi connectivity index (χ4n) is 6.20. The Kier molecular flexibility index (Phi) is 7.92. The molecule has 2 heterocycles. The summed E-state index contributed by atoms with van der Waals surface area (Å²) in [6.45, 7) is 4.21. The van der Waals surface area contributed by atoms with Gasteiger partial charge in [0.15, 0.2) is 17.5 Å². The first-order valence-corrected chi connectivity index (χ1v) is 16.4. The van der Waals surface area contributed by atoms with E-state index >= 15 is 0 Å². The van der Waals surface area contributed by atoms with E-state index in [0.717, 1.165) is 66.6 Å². The predicted molar refractivity (Wildman–Crippen MR) is 200 cm³/mol. The van der Waals surface area contributed by atoms with Gasteiger partial charge in [0.25, 0.3) is 0 Å². The summed E-state index contributed by atoms with van der Waals surface area (Å²) >= 11 is 0. The Hall–Kier alpha value is -6.46. The summed E-state index contributed by atoms with van der Waals surface area (Å²) in [7, 11) is 0. The second-order valence-corrected chi connectivity index (χ2v) is 12.1. The summed E-state index contributed by atoms with van der Waals surface area (Å²) in [6.07, 6.45) is 0. The first kappa shape index (κ1) is 29.9. The number of nitrogens with zero attached hydrogens (tertiary/aromatic N) is 4. The maximum Gasteiger partial charge on any atom is 0.164 e. The molecule has 49 heavy (non-hydrogen) atoms. The number of hydrogen-bond acceptors (Lipinski definition) is 4. The van der Waals surface area contributed by atoms with Crippen LogP contribution in [0.15, 0.2) is 163 Å². The topological polar surface area (TPSA) is 66.8 Å². The van der Waals surface area contributed by atoms with Gasteiger partial charge in [0.05, 0.1) is 5.69 Å². The molecule has 1 N–H and O–H groups in total. The fourth-order valence-corrected chi connectivity index (χ4v) is 6.20. The lowest BCUT2D eigenvalue weighted by atomic mass is 9.99. The molecule has 0 fully saturated rings. The molecule has 0 aliphatic heterocycles. The Labute approximate surface area is 285 Å². The second kappa shape index (κ2) is 13.0. The Morgan fingerprint density at radius 3 is 1.67 bits per heavy atom.